The maximum Gasteiger partial charge on any atom is 0.195 e. The maximum absolute atomic E-state index is 5.17. The number of rotatable bonds is 2. The van der Waals surface area contributed by atoms with Gasteiger partial charge in [0.2, 0.25) is 0 Å². The van der Waals surface area contributed by atoms with Crippen LogP contribution in [0.5, 0.6) is 0 Å². The van der Waals surface area contributed by atoms with E-state index in [-0.39, 0.29) is 0 Å². The summed E-state index contributed by atoms with van der Waals surface area (Å²) in [5.41, 5.74) is 1.53. The van der Waals surface area contributed by atoms with Crippen molar-refractivity contribution in [2.45, 2.75) is 32.6 Å². The molecule has 0 unspecified atom stereocenters. The van der Waals surface area contributed by atoms with E-state index in [1.165, 1.54) is 36.1 Å². The Hall–Kier alpha value is -0.940. The largest absolute Gasteiger partial charge is 0.303 e. The van der Waals surface area contributed by atoms with E-state index in [9.17, 15) is 0 Å². The molecule has 0 fully saturated rings. The zero-order valence-electron chi connectivity index (χ0n) is 10.7. The summed E-state index contributed by atoms with van der Waals surface area (Å²) >= 11 is 7.05. The van der Waals surface area contributed by atoms with Gasteiger partial charge in [-0.25, -0.2) is 0 Å². The molecule has 1 atom stereocenters. The third kappa shape index (κ3) is 1.95. The smallest absolute Gasteiger partial charge is 0.195 e. The Morgan fingerprint density at radius 2 is 2.44 bits per heavy atom. The van der Waals surface area contributed by atoms with Gasteiger partial charge in [0.05, 0.1) is 4.88 Å². The van der Waals surface area contributed by atoms with Gasteiger partial charge in [-0.2, -0.15) is 5.10 Å². The molecule has 0 bridgehead atoms. The van der Waals surface area contributed by atoms with Gasteiger partial charge in [-0.1, -0.05) is 13.3 Å². The van der Waals surface area contributed by atoms with Crippen LogP contribution in [0.3, 0.4) is 0 Å². The van der Waals surface area contributed by atoms with E-state index in [1.54, 1.807) is 4.88 Å². The summed E-state index contributed by atoms with van der Waals surface area (Å²) in [7, 11) is 1.97. The van der Waals surface area contributed by atoms with Crippen molar-refractivity contribution in [3.63, 3.8) is 0 Å². The number of nitrogens with zero attached hydrogens (tertiary/aromatic N) is 2. The quantitative estimate of drug-likeness (QED) is 0.850. The van der Waals surface area contributed by atoms with Crippen molar-refractivity contribution in [1.29, 1.82) is 0 Å². The first-order valence-electron chi connectivity index (χ1n) is 6.42. The average molecular weight is 279 g/mol. The minimum absolute atomic E-state index is 0.683. The van der Waals surface area contributed by atoms with Gasteiger partial charge in [-0.3, -0.25) is 5.10 Å². The highest BCUT2D eigenvalue weighted by Crippen LogP contribution is 2.37. The van der Waals surface area contributed by atoms with Crippen LogP contribution in [0.25, 0.3) is 10.7 Å². The monoisotopic (exact) mass is 279 g/mol. The van der Waals surface area contributed by atoms with Crippen molar-refractivity contribution in [1.82, 2.24) is 14.8 Å². The molecule has 1 N–H and O–H groups in total. The van der Waals surface area contributed by atoms with E-state index >= 15 is 0 Å². The number of aromatic amines is 1. The lowest BCUT2D eigenvalue weighted by Gasteiger charge is -2.19. The molecule has 96 valence electrons. The highest BCUT2D eigenvalue weighted by molar-refractivity contribution is 7.71. The van der Waals surface area contributed by atoms with Crippen molar-refractivity contribution in [3.05, 3.63) is 21.3 Å². The van der Waals surface area contributed by atoms with Crippen LogP contribution in [-0.4, -0.2) is 14.8 Å². The fraction of sp³-hybridized carbons (Fsp3) is 0.538. The minimum Gasteiger partial charge on any atom is -0.303 e. The molecule has 18 heavy (non-hydrogen) atoms. The average Bonchev–Trinajstić information content (AvgIpc) is 2.93. The number of fused-ring (bicyclic) bond motifs is 1. The Morgan fingerprint density at radius 3 is 3.11 bits per heavy atom. The van der Waals surface area contributed by atoms with E-state index in [0.717, 1.165) is 11.7 Å². The maximum atomic E-state index is 5.17. The van der Waals surface area contributed by atoms with Crippen LogP contribution in [-0.2, 0) is 19.9 Å². The molecule has 5 heteroatoms. The van der Waals surface area contributed by atoms with Crippen molar-refractivity contribution >= 4 is 23.6 Å². The molecule has 2 aromatic rings. The van der Waals surface area contributed by atoms with Gasteiger partial charge in [0.15, 0.2) is 10.6 Å². The molecule has 0 spiro atoms. The fourth-order valence-corrected chi connectivity index (χ4v) is 3.99. The Labute approximate surface area is 116 Å². The summed E-state index contributed by atoms with van der Waals surface area (Å²) in [6.07, 6.45) is 5.09. The number of hydrogen-bond donors (Lipinski definition) is 1. The van der Waals surface area contributed by atoms with Crippen molar-refractivity contribution in [2.75, 3.05) is 0 Å². The molecular weight excluding hydrogens is 262 g/mol. The fourth-order valence-electron chi connectivity index (χ4n) is 2.63. The molecular formula is C13H17N3S2. The summed E-state index contributed by atoms with van der Waals surface area (Å²) < 4.78 is 2.63. The molecule has 1 aliphatic rings. The van der Waals surface area contributed by atoms with Gasteiger partial charge in [-0.15, -0.1) is 11.3 Å². The molecule has 0 aromatic carbocycles. The first-order chi connectivity index (χ1) is 8.69. The SMILES string of the molecule is CC[C@H]1CCc2sc(-c3n[nH]c(=S)n3C)cc2C1. The van der Waals surface area contributed by atoms with Crippen LogP contribution in [0, 0.1) is 10.7 Å². The van der Waals surface area contributed by atoms with Gasteiger partial charge in [-0.05, 0) is 49.0 Å². The predicted molar refractivity (Wildman–Crippen MR) is 77.5 cm³/mol. The zero-order chi connectivity index (χ0) is 12.7. The first kappa shape index (κ1) is 12.1. The van der Waals surface area contributed by atoms with Crippen LogP contribution in [0.1, 0.15) is 30.2 Å². The first-order valence-corrected chi connectivity index (χ1v) is 7.65. The molecule has 0 saturated heterocycles. The van der Waals surface area contributed by atoms with Crippen LogP contribution >= 0.6 is 23.6 Å². The van der Waals surface area contributed by atoms with E-state index in [4.69, 9.17) is 12.2 Å². The molecule has 1 aliphatic carbocycles. The van der Waals surface area contributed by atoms with E-state index < -0.39 is 0 Å². The van der Waals surface area contributed by atoms with Crippen molar-refractivity contribution in [2.24, 2.45) is 13.0 Å². The van der Waals surface area contributed by atoms with Gasteiger partial charge in [0.1, 0.15) is 0 Å². The van der Waals surface area contributed by atoms with Crippen molar-refractivity contribution in [3.8, 4) is 10.7 Å². The number of thiophene rings is 1. The molecule has 0 radical (unpaired) electrons. The molecule has 2 heterocycles. The molecule has 0 aliphatic heterocycles. The third-order valence-corrected chi connectivity index (χ3v) is 5.46. The Kier molecular flexibility index (Phi) is 3.11. The van der Waals surface area contributed by atoms with Gasteiger partial charge in [0.25, 0.3) is 0 Å². The topological polar surface area (TPSA) is 33.6 Å². The summed E-state index contributed by atoms with van der Waals surface area (Å²) in [5.74, 6) is 1.83. The number of H-pyrrole nitrogens is 1. The minimum atomic E-state index is 0.683. The molecule has 0 saturated carbocycles. The Bertz CT molecular complexity index is 620. The summed E-state index contributed by atoms with van der Waals surface area (Å²) in [6.45, 7) is 2.29. The van der Waals surface area contributed by atoms with E-state index in [1.807, 2.05) is 23.0 Å². The van der Waals surface area contributed by atoms with Crippen LogP contribution < -0.4 is 0 Å². The number of hydrogen-bond acceptors (Lipinski definition) is 3. The van der Waals surface area contributed by atoms with Gasteiger partial charge >= 0.3 is 0 Å². The Balaban J connectivity index is 1.99. The number of nitrogens with one attached hydrogen (secondary N) is 1. The lowest BCUT2D eigenvalue weighted by atomic mass is 9.87. The highest BCUT2D eigenvalue weighted by atomic mass is 32.1. The standard InChI is InChI=1S/C13H17N3S2/c1-3-8-4-5-10-9(6-8)7-11(18-10)12-14-15-13(17)16(12)2/h7-8H,3-6H2,1-2H3,(H,15,17)/t8-/m0/s1. The zero-order valence-corrected chi connectivity index (χ0v) is 12.3. The van der Waals surface area contributed by atoms with E-state index in [0.29, 0.717) is 4.77 Å². The summed E-state index contributed by atoms with van der Waals surface area (Å²) in [5, 5.41) is 7.18. The molecule has 0 amide bonds. The number of aromatic nitrogens is 3. The van der Waals surface area contributed by atoms with Crippen LogP contribution in [0.15, 0.2) is 6.07 Å². The van der Waals surface area contributed by atoms with Crippen molar-refractivity contribution < 1.29 is 0 Å². The van der Waals surface area contributed by atoms with Gasteiger partial charge in [0, 0.05) is 11.9 Å². The number of aryl methyl sites for hydroxylation is 1. The molecule has 3 rings (SSSR count). The van der Waals surface area contributed by atoms with E-state index in [2.05, 4.69) is 23.2 Å². The normalized spacial score (nSPS) is 18.9. The Morgan fingerprint density at radius 1 is 1.61 bits per heavy atom. The predicted octanol–water partition coefficient (Wildman–Crippen LogP) is 3.72. The lowest BCUT2D eigenvalue weighted by Crippen LogP contribution is -2.10. The van der Waals surface area contributed by atoms with Crippen LogP contribution in [0.4, 0.5) is 0 Å². The summed E-state index contributed by atoms with van der Waals surface area (Å²) in [4.78, 5) is 2.79. The van der Waals surface area contributed by atoms with Crippen LogP contribution in [0.2, 0.25) is 0 Å². The molecule has 2 aromatic heterocycles. The second kappa shape index (κ2) is 4.63. The summed E-state index contributed by atoms with van der Waals surface area (Å²) in [6, 6.07) is 2.31. The lowest BCUT2D eigenvalue weighted by molar-refractivity contribution is 0.449. The molecule has 3 nitrogen and oxygen atoms in total. The second-order valence-corrected chi connectivity index (χ2v) is 6.51. The van der Waals surface area contributed by atoms with Gasteiger partial charge < -0.3 is 4.57 Å². The second-order valence-electron chi connectivity index (χ2n) is 4.99. The highest BCUT2D eigenvalue weighted by Gasteiger charge is 2.21. The third-order valence-electron chi connectivity index (χ3n) is 3.86.